The number of hydrogen-bond donors (Lipinski definition) is 10. The van der Waals surface area contributed by atoms with Crippen molar-refractivity contribution in [2.75, 3.05) is 25.1 Å². The lowest BCUT2D eigenvalue weighted by Crippen LogP contribution is -2.59. The van der Waals surface area contributed by atoms with Crippen molar-refractivity contribution in [2.24, 2.45) is 17.2 Å². The first-order valence-electron chi connectivity index (χ1n) is 19.3. The highest BCUT2D eigenvalue weighted by molar-refractivity contribution is 7.98. The molecular formula is C38H55N11O8S. The van der Waals surface area contributed by atoms with Crippen LogP contribution in [0.25, 0.3) is 10.9 Å². The molecule has 0 radical (unpaired) electrons. The number of carboxylic acid groups (broad SMARTS) is 1. The van der Waals surface area contributed by atoms with Crippen LogP contribution in [0.2, 0.25) is 0 Å². The third kappa shape index (κ3) is 13.0. The first kappa shape index (κ1) is 45.2. The van der Waals surface area contributed by atoms with Gasteiger partial charge in [-0.05, 0) is 68.7 Å². The molecule has 3 aromatic rings. The lowest BCUT2D eigenvalue weighted by atomic mass is 10.0. The Morgan fingerprint density at radius 2 is 1.64 bits per heavy atom. The van der Waals surface area contributed by atoms with Crippen molar-refractivity contribution in [3.63, 3.8) is 0 Å². The fraction of sp³-hybridized carbons (Fsp3) is 0.526. The number of fused-ring (bicyclic) bond motifs is 1. The molecule has 316 valence electrons. The molecule has 1 fully saturated rings. The molecule has 6 atom stereocenters. The van der Waals surface area contributed by atoms with E-state index in [2.05, 4.69) is 36.2 Å². The molecule has 13 N–H and O–H groups in total. The van der Waals surface area contributed by atoms with E-state index in [4.69, 9.17) is 17.2 Å². The Morgan fingerprint density at radius 1 is 0.914 bits per heavy atom. The van der Waals surface area contributed by atoms with E-state index in [0.717, 1.165) is 10.9 Å². The molecule has 1 saturated heterocycles. The molecular weight excluding hydrogens is 771 g/mol. The van der Waals surface area contributed by atoms with E-state index in [1.54, 1.807) is 12.4 Å². The second-order valence-electron chi connectivity index (χ2n) is 14.3. The zero-order chi connectivity index (χ0) is 42.2. The SMILES string of the molecule is CSCC[C@H](NC(=O)[C@@H]1CCCN1C(=O)[C@H](CCC(N)=O)NC(=O)[C@H](Cc1c[nH]cn1)NC(=O)[C@@H](N)CCCCN)C(=O)N[C@@H](Cc1c[nH]c2ccccc12)C(=O)O. The number of hydrogen-bond acceptors (Lipinski definition) is 11. The lowest BCUT2D eigenvalue weighted by molar-refractivity contribution is -0.143. The number of nitrogens with two attached hydrogens (primary N) is 3. The average molecular weight is 826 g/mol. The zero-order valence-electron chi connectivity index (χ0n) is 32.5. The highest BCUT2D eigenvalue weighted by Gasteiger charge is 2.40. The average Bonchev–Trinajstić information content (AvgIpc) is 3.99. The van der Waals surface area contributed by atoms with Crippen LogP contribution in [0, 0.1) is 0 Å². The fourth-order valence-electron chi connectivity index (χ4n) is 6.82. The summed E-state index contributed by atoms with van der Waals surface area (Å²) in [4.78, 5) is 104. The van der Waals surface area contributed by atoms with E-state index in [9.17, 15) is 38.7 Å². The lowest BCUT2D eigenvalue weighted by Gasteiger charge is -2.31. The molecule has 2 aromatic heterocycles. The summed E-state index contributed by atoms with van der Waals surface area (Å²) in [6.07, 6.45) is 8.40. The fourth-order valence-corrected chi connectivity index (χ4v) is 7.30. The number of imidazole rings is 1. The van der Waals surface area contributed by atoms with E-state index in [0.29, 0.717) is 49.2 Å². The zero-order valence-corrected chi connectivity index (χ0v) is 33.4. The van der Waals surface area contributed by atoms with Crippen molar-refractivity contribution >= 4 is 64.1 Å². The number of carboxylic acids is 1. The number of likely N-dealkylation sites (tertiary alicyclic amines) is 1. The minimum absolute atomic E-state index is 0.00850. The Bertz CT molecular complexity index is 1870. The highest BCUT2D eigenvalue weighted by atomic mass is 32.2. The number of nitrogens with one attached hydrogen (secondary N) is 6. The van der Waals surface area contributed by atoms with Gasteiger partial charge in [-0.2, -0.15) is 11.8 Å². The van der Waals surface area contributed by atoms with Crippen LogP contribution in [0.15, 0.2) is 43.0 Å². The minimum Gasteiger partial charge on any atom is -0.480 e. The number of rotatable bonds is 24. The summed E-state index contributed by atoms with van der Waals surface area (Å²) in [7, 11) is 0. The predicted molar refractivity (Wildman–Crippen MR) is 217 cm³/mol. The maximum atomic E-state index is 14.2. The number of para-hydroxylation sites is 1. The van der Waals surface area contributed by atoms with Crippen LogP contribution in [0.3, 0.4) is 0 Å². The first-order valence-corrected chi connectivity index (χ1v) is 20.7. The number of nitrogens with zero attached hydrogens (tertiary/aromatic N) is 2. The number of aliphatic carboxylic acids is 1. The topological polar surface area (TPSA) is 314 Å². The van der Waals surface area contributed by atoms with E-state index in [-0.39, 0.29) is 45.1 Å². The maximum absolute atomic E-state index is 14.2. The molecule has 19 nitrogen and oxygen atoms in total. The van der Waals surface area contributed by atoms with Crippen LogP contribution >= 0.6 is 11.8 Å². The molecule has 0 saturated carbocycles. The summed E-state index contributed by atoms with van der Waals surface area (Å²) in [5, 5.41) is 21.5. The quantitative estimate of drug-likeness (QED) is 0.0495. The van der Waals surface area contributed by atoms with Crippen molar-refractivity contribution in [1.82, 2.24) is 41.1 Å². The number of unbranched alkanes of at least 4 members (excludes halogenated alkanes) is 1. The number of amides is 6. The molecule has 0 spiro atoms. The van der Waals surface area contributed by atoms with Gasteiger partial charge in [0.15, 0.2) is 0 Å². The largest absolute Gasteiger partial charge is 0.480 e. The molecule has 1 aliphatic rings. The molecule has 20 heteroatoms. The smallest absolute Gasteiger partial charge is 0.326 e. The van der Waals surface area contributed by atoms with Crippen molar-refractivity contribution in [1.29, 1.82) is 0 Å². The molecule has 6 amide bonds. The Hall–Kier alpha value is -5.47. The molecule has 4 rings (SSSR count). The predicted octanol–water partition coefficient (Wildman–Crippen LogP) is -0.834. The van der Waals surface area contributed by atoms with E-state index in [1.165, 1.54) is 23.0 Å². The van der Waals surface area contributed by atoms with Gasteiger partial charge in [0, 0.05) is 49.1 Å². The van der Waals surface area contributed by atoms with Crippen molar-refractivity contribution in [2.45, 2.75) is 100 Å². The van der Waals surface area contributed by atoms with E-state index in [1.807, 2.05) is 30.5 Å². The van der Waals surface area contributed by atoms with Gasteiger partial charge in [0.05, 0.1) is 18.1 Å². The maximum Gasteiger partial charge on any atom is 0.326 e. The number of benzene rings is 1. The van der Waals surface area contributed by atoms with Gasteiger partial charge in [0.1, 0.15) is 30.2 Å². The van der Waals surface area contributed by atoms with Gasteiger partial charge >= 0.3 is 5.97 Å². The van der Waals surface area contributed by atoms with Gasteiger partial charge in [-0.3, -0.25) is 28.8 Å². The summed E-state index contributed by atoms with van der Waals surface area (Å²) in [6.45, 7) is 0.575. The van der Waals surface area contributed by atoms with Crippen LogP contribution < -0.4 is 38.5 Å². The summed E-state index contributed by atoms with van der Waals surface area (Å²) in [5.74, 6) is -4.84. The molecule has 0 unspecified atom stereocenters. The second-order valence-corrected chi connectivity index (χ2v) is 15.3. The van der Waals surface area contributed by atoms with E-state index < -0.39 is 77.7 Å². The Balaban J connectivity index is 1.48. The molecule has 1 aromatic carbocycles. The van der Waals surface area contributed by atoms with Crippen molar-refractivity contribution in [3.8, 4) is 0 Å². The molecule has 0 bridgehead atoms. The standard InChI is InChI=1S/C38H55N11O8S/c1-58-16-13-27(34(52)48-30(38(56)57)17-22-19-43-26-9-3-2-7-24(22)26)45-36(54)31-10-6-15-49(31)37(55)28(11-12-32(41)50)46-35(53)29(18-23-20-42-21-44-23)47-33(51)25(40)8-4-5-14-39/h2-3,7,9,19-21,25,27-31,43H,4-6,8,10-18,39-40H2,1H3,(H2,41,50)(H,42,44)(H,45,54)(H,46,53)(H,47,51)(H,48,52)(H,56,57)/t25-,27-,28-,29-,30-,31-/m0/s1. The number of H-pyrrole nitrogens is 2. The third-order valence-electron chi connectivity index (χ3n) is 10.00. The monoisotopic (exact) mass is 825 g/mol. The molecule has 0 aliphatic carbocycles. The second kappa shape index (κ2) is 22.5. The summed E-state index contributed by atoms with van der Waals surface area (Å²) in [5.41, 5.74) is 19.0. The van der Waals surface area contributed by atoms with Crippen LogP contribution in [0.4, 0.5) is 0 Å². The van der Waals surface area contributed by atoms with Gasteiger partial charge < -0.3 is 58.4 Å². The van der Waals surface area contributed by atoms with Gasteiger partial charge in [-0.15, -0.1) is 0 Å². The summed E-state index contributed by atoms with van der Waals surface area (Å²) in [6, 6.07) is 0.467. The van der Waals surface area contributed by atoms with Crippen LogP contribution in [0.5, 0.6) is 0 Å². The normalized spacial score (nSPS) is 16.5. The van der Waals surface area contributed by atoms with Crippen molar-refractivity contribution < 1.29 is 38.7 Å². The number of carbonyl (C=O) groups is 7. The van der Waals surface area contributed by atoms with Crippen LogP contribution in [-0.2, 0) is 46.4 Å². The number of carbonyl (C=O) groups excluding carboxylic acids is 6. The summed E-state index contributed by atoms with van der Waals surface area (Å²) < 4.78 is 0. The van der Waals surface area contributed by atoms with Gasteiger partial charge in [-0.25, -0.2) is 9.78 Å². The number of primary amides is 1. The number of thioether (sulfide) groups is 1. The van der Waals surface area contributed by atoms with Gasteiger partial charge in [0.25, 0.3) is 0 Å². The first-order chi connectivity index (χ1) is 27.8. The Kier molecular flexibility index (Phi) is 17.5. The van der Waals surface area contributed by atoms with Gasteiger partial charge in [0.2, 0.25) is 35.4 Å². The Morgan fingerprint density at radius 3 is 2.33 bits per heavy atom. The van der Waals surface area contributed by atoms with Crippen molar-refractivity contribution in [3.05, 3.63) is 54.2 Å². The number of aromatic nitrogens is 3. The molecule has 1 aliphatic heterocycles. The van der Waals surface area contributed by atoms with Gasteiger partial charge in [-0.1, -0.05) is 24.6 Å². The molecule has 58 heavy (non-hydrogen) atoms. The van der Waals surface area contributed by atoms with Crippen LogP contribution in [-0.4, -0.2) is 128 Å². The van der Waals surface area contributed by atoms with Crippen LogP contribution in [0.1, 0.15) is 62.6 Å². The highest BCUT2D eigenvalue weighted by Crippen LogP contribution is 2.22. The third-order valence-corrected chi connectivity index (χ3v) is 10.6. The minimum atomic E-state index is -1.32. The summed E-state index contributed by atoms with van der Waals surface area (Å²) >= 11 is 1.43. The number of aromatic amines is 2. The Labute approximate surface area is 340 Å². The molecule has 3 heterocycles. The van der Waals surface area contributed by atoms with E-state index >= 15 is 0 Å².